The molecule has 0 aromatic heterocycles. The number of hydrogen-bond donors (Lipinski definition) is 1. The molecule has 1 atom stereocenters. The summed E-state index contributed by atoms with van der Waals surface area (Å²) >= 11 is 5.96. The predicted molar refractivity (Wildman–Crippen MR) is 73.0 cm³/mol. The molecule has 0 fully saturated rings. The van der Waals surface area contributed by atoms with E-state index in [1.54, 1.807) is 18.2 Å². The van der Waals surface area contributed by atoms with Gasteiger partial charge in [0.05, 0.1) is 18.2 Å². The first-order valence-corrected chi connectivity index (χ1v) is 6.34. The SMILES string of the molecule is COc1ccc(C(O)Cc2cc(F)ccc2F)cc1Cl. The Morgan fingerprint density at radius 1 is 1.20 bits per heavy atom. The minimum atomic E-state index is -0.977. The van der Waals surface area contributed by atoms with Gasteiger partial charge in [0.1, 0.15) is 17.4 Å². The first-order valence-electron chi connectivity index (χ1n) is 5.96. The highest BCUT2D eigenvalue weighted by molar-refractivity contribution is 6.32. The Bertz CT molecular complexity index is 617. The maximum atomic E-state index is 13.5. The monoisotopic (exact) mass is 298 g/mol. The molecular formula is C15H13ClF2O2. The highest BCUT2D eigenvalue weighted by atomic mass is 35.5. The molecule has 5 heteroatoms. The average molecular weight is 299 g/mol. The lowest BCUT2D eigenvalue weighted by Crippen LogP contribution is -2.04. The van der Waals surface area contributed by atoms with Crippen LogP contribution in [0.4, 0.5) is 8.78 Å². The normalized spacial score (nSPS) is 12.2. The van der Waals surface area contributed by atoms with Gasteiger partial charge >= 0.3 is 0 Å². The molecule has 0 heterocycles. The van der Waals surface area contributed by atoms with Crippen LogP contribution in [0.5, 0.6) is 5.75 Å². The van der Waals surface area contributed by atoms with Crippen molar-refractivity contribution in [3.63, 3.8) is 0 Å². The molecule has 1 N–H and O–H groups in total. The van der Waals surface area contributed by atoms with Gasteiger partial charge in [-0.25, -0.2) is 8.78 Å². The molecule has 106 valence electrons. The molecule has 0 saturated carbocycles. The number of hydrogen-bond acceptors (Lipinski definition) is 2. The molecule has 0 saturated heterocycles. The number of methoxy groups -OCH3 is 1. The van der Waals surface area contributed by atoms with Crippen molar-refractivity contribution in [3.8, 4) is 5.75 Å². The molecule has 0 aliphatic carbocycles. The van der Waals surface area contributed by atoms with Gasteiger partial charge in [0, 0.05) is 6.42 Å². The van der Waals surface area contributed by atoms with Gasteiger partial charge in [-0.2, -0.15) is 0 Å². The van der Waals surface area contributed by atoms with Crippen molar-refractivity contribution in [1.29, 1.82) is 0 Å². The first-order chi connectivity index (χ1) is 9.51. The molecule has 0 spiro atoms. The zero-order chi connectivity index (χ0) is 14.7. The minimum Gasteiger partial charge on any atom is -0.495 e. The van der Waals surface area contributed by atoms with Gasteiger partial charge in [0.25, 0.3) is 0 Å². The number of aliphatic hydroxyl groups is 1. The summed E-state index contributed by atoms with van der Waals surface area (Å²) in [4.78, 5) is 0. The topological polar surface area (TPSA) is 29.5 Å². The zero-order valence-electron chi connectivity index (χ0n) is 10.7. The Morgan fingerprint density at radius 2 is 1.95 bits per heavy atom. The van der Waals surface area contributed by atoms with Crippen molar-refractivity contribution in [2.75, 3.05) is 7.11 Å². The van der Waals surface area contributed by atoms with E-state index in [4.69, 9.17) is 16.3 Å². The molecule has 0 aliphatic rings. The van der Waals surface area contributed by atoms with Crippen LogP contribution in [0.15, 0.2) is 36.4 Å². The fourth-order valence-electron chi connectivity index (χ4n) is 1.92. The summed E-state index contributed by atoms with van der Waals surface area (Å²) in [6.45, 7) is 0. The Morgan fingerprint density at radius 3 is 2.60 bits per heavy atom. The lowest BCUT2D eigenvalue weighted by atomic mass is 10.0. The molecule has 0 radical (unpaired) electrons. The zero-order valence-corrected chi connectivity index (χ0v) is 11.5. The third-order valence-corrected chi connectivity index (χ3v) is 3.28. The molecule has 2 nitrogen and oxygen atoms in total. The van der Waals surface area contributed by atoms with E-state index in [0.29, 0.717) is 16.3 Å². The van der Waals surface area contributed by atoms with Crippen LogP contribution in [0.3, 0.4) is 0 Å². The third kappa shape index (κ3) is 3.26. The van der Waals surface area contributed by atoms with E-state index in [1.165, 1.54) is 7.11 Å². The van der Waals surface area contributed by atoms with Crippen molar-refractivity contribution >= 4 is 11.6 Å². The number of aliphatic hydroxyl groups excluding tert-OH is 1. The lowest BCUT2D eigenvalue weighted by molar-refractivity contribution is 0.177. The largest absolute Gasteiger partial charge is 0.495 e. The van der Waals surface area contributed by atoms with Crippen LogP contribution in [0.2, 0.25) is 5.02 Å². The number of benzene rings is 2. The fraction of sp³-hybridized carbons (Fsp3) is 0.200. The number of halogens is 3. The standard InChI is InChI=1S/C15H13ClF2O2/c1-20-15-5-2-9(7-12(15)16)14(19)8-10-6-11(17)3-4-13(10)18/h2-7,14,19H,8H2,1H3. The first kappa shape index (κ1) is 14.8. The minimum absolute atomic E-state index is 0.0355. The summed E-state index contributed by atoms with van der Waals surface area (Å²) in [6, 6.07) is 7.94. The van der Waals surface area contributed by atoms with Gasteiger partial charge in [-0.3, -0.25) is 0 Å². The van der Waals surface area contributed by atoms with Crippen molar-refractivity contribution in [2.24, 2.45) is 0 Å². The predicted octanol–water partition coefficient (Wildman–Crippen LogP) is 3.90. The molecule has 1 unspecified atom stereocenters. The Labute approximate surface area is 120 Å². The van der Waals surface area contributed by atoms with Crippen LogP contribution in [0.1, 0.15) is 17.2 Å². The molecule has 2 aromatic carbocycles. The smallest absolute Gasteiger partial charge is 0.137 e. The van der Waals surface area contributed by atoms with Crippen LogP contribution in [-0.4, -0.2) is 12.2 Å². The van der Waals surface area contributed by atoms with Crippen molar-refractivity contribution in [1.82, 2.24) is 0 Å². The van der Waals surface area contributed by atoms with Crippen LogP contribution >= 0.6 is 11.6 Å². The van der Waals surface area contributed by atoms with E-state index in [-0.39, 0.29) is 12.0 Å². The van der Waals surface area contributed by atoms with Crippen LogP contribution in [-0.2, 0) is 6.42 Å². The van der Waals surface area contributed by atoms with Gasteiger partial charge < -0.3 is 9.84 Å². The molecule has 0 bridgehead atoms. The van der Waals surface area contributed by atoms with E-state index >= 15 is 0 Å². The highest BCUT2D eigenvalue weighted by Gasteiger charge is 2.14. The number of rotatable bonds is 4. The van der Waals surface area contributed by atoms with E-state index in [1.807, 2.05) is 0 Å². The summed E-state index contributed by atoms with van der Waals surface area (Å²) in [5.41, 5.74) is 0.629. The van der Waals surface area contributed by atoms with E-state index in [2.05, 4.69) is 0 Å². The molecular weight excluding hydrogens is 286 g/mol. The van der Waals surface area contributed by atoms with Crippen LogP contribution in [0, 0.1) is 11.6 Å². The average Bonchev–Trinajstić information content (AvgIpc) is 2.42. The fourth-order valence-corrected chi connectivity index (χ4v) is 2.18. The molecule has 2 aromatic rings. The highest BCUT2D eigenvalue weighted by Crippen LogP contribution is 2.29. The van der Waals surface area contributed by atoms with Gasteiger partial charge in [-0.15, -0.1) is 0 Å². The summed E-state index contributed by atoms with van der Waals surface area (Å²) in [5.74, 6) is -0.606. The van der Waals surface area contributed by atoms with Crippen LogP contribution < -0.4 is 4.74 Å². The van der Waals surface area contributed by atoms with Crippen LogP contribution in [0.25, 0.3) is 0 Å². The number of ether oxygens (including phenoxy) is 1. The van der Waals surface area contributed by atoms with E-state index < -0.39 is 17.7 Å². The van der Waals surface area contributed by atoms with Gasteiger partial charge in [-0.1, -0.05) is 17.7 Å². The quantitative estimate of drug-likeness (QED) is 0.927. The molecule has 20 heavy (non-hydrogen) atoms. The third-order valence-electron chi connectivity index (χ3n) is 2.98. The Kier molecular flexibility index (Phi) is 4.57. The lowest BCUT2D eigenvalue weighted by Gasteiger charge is -2.13. The second kappa shape index (κ2) is 6.20. The van der Waals surface area contributed by atoms with Gasteiger partial charge in [0.2, 0.25) is 0 Å². The summed E-state index contributed by atoms with van der Waals surface area (Å²) in [7, 11) is 1.49. The molecule has 2 rings (SSSR count). The maximum absolute atomic E-state index is 13.5. The summed E-state index contributed by atoms with van der Waals surface area (Å²) in [6.07, 6.45) is -1.01. The van der Waals surface area contributed by atoms with Crippen molar-refractivity contribution < 1.29 is 18.6 Å². The Balaban J connectivity index is 2.21. The Hall–Kier alpha value is -1.65. The van der Waals surface area contributed by atoms with Gasteiger partial charge in [-0.05, 0) is 41.5 Å². The maximum Gasteiger partial charge on any atom is 0.137 e. The summed E-state index contributed by atoms with van der Waals surface area (Å²) in [5, 5.41) is 10.4. The van der Waals surface area contributed by atoms with Crippen molar-refractivity contribution in [2.45, 2.75) is 12.5 Å². The van der Waals surface area contributed by atoms with Gasteiger partial charge in [0.15, 0.2) is 0 Å². The molecule has 0 amide bonds. The second-order valence-electron chi connectivity index (χ2n) is 4.35. The van der Waals surface area contributed by atoms with E-state index in [0.717, 1.165) is 18.2 Å². The van der Waals surface area contributed by atoms with E-state index in [9.17, 15) is 13.9 Å². The summed E-state index contributed by atoms with van der Waals surface area (Å²) < 4.78 is 31.6. The second-order valence-corrected chi connectivity index (χ2v) is 4.76. The molecule has 0 aliphatic heterocycles. The van der Waals surface area contributed by atoms with Crippen molar-refractivity contribution in [3.05, 3.63) is 64.2 Å².